The largest absolute Gasteiger partial charge is 0.508 e. The maximum atomic E-state index is 13.5. The average molecular weight is 495 g/mol. The highest BCUT2D eigenvalue weighted by Crippen LogP contribution is 2.49. The number of amides is 1. The summed E-state index contributed by atoms with van der Waals surface area (Å²) >= 11 is 0. The van der Waals surface area contributed by atoms with Gasteiger partial charge in [-0.15, -0.1) is 0 Å². The fourth-order valence-corrected chi connectivity index (χ4v) is 5.32. The molecule has 7 nitrogen and oxygen atoms in total. The van der Waals surface area contributed by atoms with Crippen LogP contribution in [0.1, 0.15) is 34.7 Å². The summed E-state index contributed by atoms with van der Waals surface area (Å²) in [4.78, 5) is 12.9. The molecule has 1 heterocycles. The number of carbonyl (C=O) groups is 1. The Morgan fingerprint density at radius 3 is 2.31 bits per heavy atom. The molecule has 0 unspecified atom stereocenters. The molecule has 0 spiro atoms. The first-order valence-electron chi connectivity index (χ1n) is 11.0. The van der Waals surface area contributed by atoms with Gasteiger partial charge in [-0.2, -0.15) is 0 Å². The van der Waals surface area contributed by atoms with Gasteiger partial charge >= 0.3 is 0 Å². The zero-order valence-corrected chi connectivity index (χ0v) is 19.9. The predicted molar refractivity (Wildman–Crippen MR) is 132 cm³/mol. The number of hydrogen-bond acceptors (Lipinski definition) is 5. The second kappa shape index (κ2) is 8.42. The van der Waals surface area contributed by atoms with Gasteiger partial charge in [0, 0.05) is 24.1 Å². The Morgan fingerprint density at radius 1 is 1.09 bits per heavy atom. The quantitative estimate of drug-likeness (QED) is 0.380. The van der Waals surface area contributed by atoms with Crippen molar-refractivity contribution in [2.75, 3.05) is 17.6 Å². The molecule has 4 aromatic rings. The first-order valence-corrected chi connectivity index (χ1v) is 12.9. The third-order valence-corrected chi connectivity index (χ3v) is 7.12. The summed E-state index contributed by atoms with van der Waals surface area (Å²) in [5, 5.41) is 12.9. The first-order chi connectivity index (χ1) is 16.7. The number of anilines is 2. The highest BCUT2D eigenvalue weighted by atomic mass is 32.2. The number of benzene rings is 3. The molecule has 9 heteroatoms. The number of halogens is 1. The lowest BCUT2D eigenvalue weighted by molar-refractivity contribution is 0.0964. The van der Waals surface area contributed by atoms with Crippen LogP contribution in [0.3, 0.4) is 0 Å². The second-order valence-electron chi connectivity index (χ2n) is 8.62. The van der Waals surface area contributed by atoms with E-state index in [4.69, 9.17) is 4.42 Å². The number of fused-ring (bicyclic) bond motifs is 1. The fourth-order valence-electron chi connectivity index (χ4n) is 4.30. The van der Waals surface area contributed by atoms with E-state index in [1.807, 2.05) is 6.07 Å². The van der Waals surface area contributed by atoms with Crippen LogP contribution in [0.2, 0.25) is 0 Å². The van der Waals surface area contributed by atoms with Crippen molar-refractivity contribution >= 4 is 38.3 Å². The number of rotatable bonds is 6. The van der Waals surface area contributed by atoms with Crippen molar-refractivity contribution in [3.8, 4) is 17.1 Å². The van der Waals surface area contributed by atoms with Gasteiger partial charge in [0.2, 0.25) is 10.0 Å². The molecular formula is C26H23FN2O5S. The predicted octanol–water partition coefficient (Wildman–Crippen LogP) is 5.28. The molecule has 2 N–H and O–H groups in total. The Bertz CT molecular complexity index is 1540. The molecule has 0 atom stereocenters. The van der Waals surface area contributed by atoms with E-state index in [9.17, 15) is 22.7 Å². The van der Waals surface area contributed by atoms with E-state index >= 15 is 0 Å². The zero-order chi connectivity index (χ0) is 24.9. The molecule has 3 aromatic carbocycles. The van der Waals surface area contributed by atoms with Crippen molar-refractivity contribution in [1.82, 2.24) is 5.32 Å². The number of phenols is 1. The Morgan fingerprint density at radius 2 is 1.74 bits per heavy atom. The van der Waals surface area contributed by atoms with Gasteiger partial charge in [-0.1, -0.05) is 0 Å². The molecule has 1 aliphatic carbocycles. The van der Waals surface area contributed by atoms with Gasteiger partial charge in [0.25, 0.3) is 5.91 Å². The van der Waals surface area contributed by atoms with E-state index in [2.05, 4.69) is 5.32 Å². The monoisotopic (exact) mass is 494 g/mol. The minimum Gasteiger partial charge on any atom is -0.508 e. The van der Waals surface area contributed by atoms with Crippen molar-refractivity contribution in [2.45, 2.75) is 18.8 Å². The average Bonchev–Trinajstić information content (AvgIpc) is 3.60. The number of aromatic hydroxyl groups is 1. The minimum absolute atomic E-state index is 0.0188. The van der Waals surface area contributed by atoms with Gasteiger partial charge in [0.15, 0.2) is 0 Å². The van der Waals surface area contributed by atoms with Crippen LogP contribution < -0.4 is 9.62 Å². The summed E-state index contributed by atoms with van der Waals surface area (Å²) in [6, 6.07) is 15.0. The summed E-state index contributed by atoms with van der Waals surface area (Å²) in [6.45, 7) is 0. The van der Waals surface area contributed by atoms with Crippen LogP contribution >= 0.6 is 0 Å². The zero-order valence-electron chi connectivity index (χ0n) is 19.1. The van der Waals surface area contributed by atoms with Crippen LogP contribution in [0.25, 0.3) is 22.3 Å². The molecule has 180 valence electrons. The molecule has 35 heavy (non-hydrogen) atoms. The lowest BCUT2D eigenvalue weighted by Crippen LogP contribution is -2.25. The van der Waals surface area contributed by atoms with Crippen LogP contribution in [0, 0.1) is 5.82 Å². The summed E-state index contributed by atoms with van der Waals surface area (Å²) in [5.41, 5.74) is 2.73. The second-order valence-corrected chi connectivity index (χ2v) is 10.4. The highest BCUT2D eigenvalue weighted by Gasteiger charge is 2.33. The molecule has 1 amide bonds. The molecule has 1 fully saturated rings. The summed E-state index contributed by atoms with van der Waals surface area (Å²) in [5.74, 6) is -0.352. The minimum atomic E-state index is -3.77. The molecule has 1 saturated carbocycles. The number of sulfonamides is 1. The molecule has 1 aromatic heterocycles. The van der Waals surface area contributed by atoms with E-state index in [0.29, 0.717) is 33.5 Å². The maximum absolute atomic E-state index is 13.5. The molecule has 5 rings (SSSR count). The van der Waals surface area contributed by atoms with E-state index in [1.165, 1.54) is 59.9 Å². The van der Waals surface area contributed by atoms with Gasteiger partial charge in [-0.05, 0) is 78.9 Å². The van der Waals surface area contributed by atoms with E-state index < -0.39 is 15.8 Å². The van der Waals surface area contributed by atoms with Crippen molar-refractivity contribution in [2.24, 2.45) is 0 Å². The number of phenolic OH excluding ortho intramolecular Hbond substituents is 1. The van der Waals surface area contributed by atoms with E-state index in [1.54, 1.807) is 6.07 Å². The Kier molecular flexibility index (Phi) is 5.52. The fraction of sp³-hybridized carbons (Fsp3) is 0.192. The summed E-state index contributed by atoms with van der Waals surface area (Å²) in [7, 11) is -2.26. The molecule has 0 aliphatic heterocycles. The van der Waals surface area contributed by atoms with Gasteiger partial charge < -0.3 is 14.8 Å². The molecule has 0 saturated heterocycles. The number of nitrogens with one attached hydrogen (secondary N) is 1. The van der Waals surface area contributed by atoms with Crippen molar-refractivity contribution in [3.05, 3.63) is 77.6 Å². The molecule has 0 bridgehead atoms. The third kappa shape index (κ3) is 4.23. The van der Waals surface area contributed by atoms with Crippen molar-refractivity contribution in [1.29, 1.82) is 0 Å². The van der Waals surface area contributed by atoms with Crippen LogP contribution in [-0.2, 0) is 10.0 Å². The Labute approximate surface area is 201 Å². The van der Waals surface area contributed by atoms with Gasteiger partial charge in [0.1, 0.15) is 22.9 Å². The van der Waals surface area contributed by atoms with Gasteiger partial charge in [-0.3, -0.25) is 4.79 Å². The van der Waals surface area contributed by atoms with Crippen molar-refractivity contribution < 1.29 is 27.1 Å². The number of hydrogen-bond donors (Lipinski definition) is 2. The SMILES string of the molecule is CNC(=O)c1c(-c2ccc(F)cc2)oc2cc(N(c3ccc(O)cc3)S(C)(=O)=O)c(C3CC3)cc12. The lowest BCUT2D eigenvalue weighted by Gasteiger charge is -2.25. The van der Waals surface area contributed by atoms with E-state index in [-0.39, 0.29) is 23.3 Å². The van der Waals surface area contributed by atoms with Crippen LogP contribution in [0.4, 0.5) is 15.8 Å². The highest BCUT2D eigenvalue weighted by molar-refractivity contribution is 7.92. The smallest absolute Gasteiger partial charge is 0.255 e. The van der Waals surface area contributed by atoms with Gasteiger partial charge in [0.05, 0.1) is 23.2 Å². The topological polar surface area (TPSA) is 99.8 Å². The summed E-state index contributed by atoms with van der Waals surface area (Å²) in [6.07, 6.45) is 2.90. The summed E-state index contributed by atoms with van der Waals surface area (Å²) < 4.78 is 46.8. The van der Waals surface area contributed by atoms with Crippen LogP contribution in [-0.4, -0.2) is 32.7 Å². The van der Waals surface area contributed by atoms with Crippen molar-refractivity contribution in [3.63, 3.8) is 0 Å². The van der Waals surface area contributed by atoms with E-state index in [0.717, 1.165) is 24.7 Å². The number of carbonyl (C=O) groups excluding carboxylic acids is 1. The lowest BCUT2D eigenvalue weighted by atomic mass is 10.00. The number of furan rings is 1. The Hall–Kier alpha value is -3.85. The maximum Gasteiger partial charge on any atom is 0.255 e. The van der Waals surface area contributed by atoms with Crippen LogP contribution in [0.5, 0.6) is 5.75 Å². The van der Waals surface area contributed by atoms with Gasteiger partial charge in [-0.25, -0.2) is 17.1 Å². The first kappa shape index (κ1) is 22.9. The molecule has 1 aliphatic rings. The molecule has 0 radical (unpaired) electrons. The Balaban J connectivity index is 1.79. The third-order valence-electron chi connectivity index (χ3n) is 6.05. The standard InChI is InChI=1S/C26H23FN2O5S/c1-28-26(31)24-21-13-20(15-3-4-15)22(29(35(2,32)33)18-9-11-19(30)12-10-18)14-23(21)34-25(24)16-5-7-17(27)8-6-16/h5-15,30H,3-4H2,1-2H3,(H,28,31). The molecular weight excluding hydrogens is 471 g/mol. The number of nitrogens with zero attached hydrogens (tertiary/aromatic N) is 1. The van der Waals surface area contributed by atoms with Crippen LogP contribution in [0.15, 0.2) is 65.1 Å². The normalized spacial score (nSPS) is 13.7.